The van der Waals surface area contributed by atoms with Crippen molar-refractivity contribution in [3.8, 4) is 0 Å². The van der Waals surface area contributed by atoms with E-state index in [-0.39, 0.29) is 24.4 Å². The number of carbonyl (C=O) groups excluding carboxylic acids is 1. The Morgan fingerprint density at radius 2 is 2.24 bits per heavy atom. The number of nitrogens with one attached hydrogen (secondary N) is 1. The van der Waals surface area contributed by atoms with E-state index in [2.05, 4.69) is 17.1 Å². The average molecular weight is 264 g/mol. The number of rotatable bonds is 5. The largest absolute Gasteiger partial charge is 0.355 e. The molecule has 0 bridgehead atoms. The number of hydrogen-bond donors (Lipinski definition) is 2. The van der Waals surface area contributed by atoms with Gasteiger partial charge in [0, 0.05) is 18.6 Å². The maximum Gasteiger partial charge on any atom is 0.234 e. The van der Waals surface area contributed by atoms with E-state index in [4.69, 9.17) is 5.73 Å². The van der Waals surface area contributed by atoms with Crippen molar-refractivity contribution in [2.45, 2.75) is 51.6 Å². The molecule has 0 radical (unpaired) electrons. The maximum absolute atomic E-state index is 11.6. The number of nitrogens with zero attached hydrogens (tertiary/aromatic N) is 1. The van der Waals surface area contributed by atoms with Crippen molar-refractivity contribution < 1.29 is 4.79 Å². The summed E-state index contributed by atoms with van der Waals surface area (Å²) in [5.41, 5.74) is 5.96. The number of likely N-dealkylation sites (tertiary alicyclic amines) is 1. The summed E-state index contributed by atoms with van der Waals surface area (Å²) < 4.78 is 0. The van der Waals surface area contributed by atoms with Gasteiger partial charge >= 0.3 is 0 Å². The van der Waals surface area contributed by atoms with E-state index < -0.39 is 0 Å². The Hall–Kier alpha value is -0.320. The molecule has 0 aromatic heterocycles. The molecule has 17 heavy (non-hydrogen) atoms. The number of amides is 1. The highest BCUT2D eigenvalue weighted by Crippen LogP contribution is 2.18. The number of nitrogens with two attached hydrogens (primary N) is 1. The molecule has 2 atom stereocenters. The molecule has 1 aliphatic heterocycles. The first-order valence-corrected chi connectivity index (χ1v) is 6.41. The highest BCUT2D eigenvalue weighted by atomic mass is 35.5. The Labute approximate surface area is 111 Å². The smallest absolute Gasteiger partial charge is 0.234 e. The van der Waals surface area contributed by atoms with E-state index >= 15 is 0 Å². The van der Waals surface area contributed by atoms with Crippen LogP contribution in [0, 0.1) is 0 Å². The predicted molar refractivity (Wildman–Crippen MR) is 73.4 cm³/mol. The molecule has 0 aliphatic carbocycles. The van der Waals surface area contributed by atoms with Gasteiger partial charge in [-0.25, -0.2) is 0 Å². The normalized spacial score (nSPS) is 22.6. The van der Waals surface area contributed by atoms with E-state index in [0.29, 0.717) is 12.6 Å². The first kappa shape index (κ1) is 16.7. The van der Waals surface area contributed by atoms with Crippen molar-refractivity contribution in [1.82, 2.24) is 10.2 Å². The van der Waals surface area contributed by atoms with Gasteiger partial charge in [-0.3, -0.25) is 9.69 Å². The van der Waals surface area contributed by atoms with E-state index in [1.54, 1.807) is 0 Å². The SMILES string of the molecule is CCCNC(=O)CN1CCCCC1C(C)N.Cl. The molecule has 0 aromatic carbocycles. The highest BCUT2D eigenvalue weighted by molar-refractivity contribution is 5.85. The van der Waals surface area contributed by atoms with Gasteiger partial charge in [0.1, 0.15) is 0 Å². The van der Waals surface area contributed by atoms with E-state index in [1.165, 1.54) is 12.8 Å². The van der Waals surface area contributed by atoms with Gasteiger partial charge in [-0.05, 0) is 32.7 Å². The van der Waals surface area contributed by atoms with Gasteiger partial charge in [0.15, 0.2) is 0 Å². The molecule has 0 saturated carbocycles. The molecule has 1 rings (SSSR count). The fraction of sp³-hybridized carbons (Fsp3) is 0.917. The van der Waals surface area contributed by atoms with Gasteiger partial charge in [0.2, 0.25) is 5.91 Å². The third-order valence-corrected chi connectivity index (χ3v) is 3.19. The van der Waals surface area contributed by atoms with E-state index in [1.807, 2.05) is 6.92 Å². The van der Waals surface area contributed by atoms with Crippen LogP contribution in [0.2, 0.25) is 0 Å². The fourth-order valence-corrected chi connectivity index (χ4v) is 2.31. The van der Waals surface area contributed by atoms with Crippen molar-refractivity contribution >= 4 is 18.3 Å². The van der Waals surface area contributed by atoms with Gasteiger partial charge in [0.25, 0.3) is 0 Å². The number of hydrogen-bond acceptors (Lipinski definition) is 3. The zero-order chi connectivity index (χ0) is 12.0. The van der Waals surface area contributed by atoms with Crippen molar-refractivity contribution in [3.05, 3.63) is 0 Å². The zero-order valence-electron chi connectivity index (χ0n) is 10.9. The first-order valence-electron chi connectivity index (χ1n) is 6.41. The van der Waals surface area contributed by atoms with Crippen LogP contribution in [0.1, 0.15) is 39.5 Å². The lowest BCUT2D eigenvalue weighted by molar-refractivity contribution is -0.123. The Bertz CT molecular complexity index is 224. The van der Waals surface area contributed by atoms with Crippen LogP contribution >= 0.6 is 12.4 Å². The molecule has 3 N–H and O–H groups in total. The molecule has 0 aromatic rings. The van der Waals surface area contributed by atoms with Crippen LogP contribution in [-0.2, 0) is 4.79 Å². The zero-order valence-corrected chi connectivity index (χ0v) is 11.8. The third-order valence-electron chi connectivity index (χ3n) is 3.19. The summed E-state index contributed by atoms with van der Waals surface area (Å²) in [5, 5.41) is 2.92. The first-order chi connectivity index (χ1) is 7.65. The van der Waals surface area contributed by atoms with Gasteiger partial charge < -0.3 is 11.1 Å². The maximum atomic E-state index is 11.6. The van der Waals surface area contributed by atoms with Crippen LogP contribution in [0.25, 0.3) is 0 Å². The van der Waals surface area contributed by atoms with Gasteiger partial charge in [-0.15, -0.1) is 12.4 Å². The highest BCUT2D eigenvalue weighted by Gasteiger charge is 2.26. The minimum atomic E-state index is 0. The predicted octanol–water partition coefficient (Wildman–Crippen LogP) is 1.14. The number of piperidine rings is 1. The van der Waals surface area contributed by atoms with Gasteiger partial charge in [-0.2, -0.15) is 0 Å². The average Bonchev–Trinajstić information content (AvgIpc) is 2.27. The van der Waals surface area contributed by atoms with Gasteiger partial charge in [0.05, 0.1) is 6.54 Å². The summed E-state index contributed by atoms with van der Waals surface area (Å²) in [4.78, 5) is 13.9. The Balaban J connectivity index is 0.00000256. The topological polar surface area (TPSA) is 58.4 Å². The molecule has 5 heteroatoms. The second kappa shape index (κ2) is 8.72. The monoisotopic (exact) mass is 263 g/mol. The summed E-state index contributed by atoms with van der Waals surface area (Å²) in [6.45, 7) is 6.38. The number of halogens is 1. The molecule has 1 heterocycles. The quantitative estimate of drug-likeness (QED) is 0.782. The molecule has 0 spiro atoms. The Morgan fingerprint density at radius 3 is 2.82 bits per heavy atom. The van der Waals surface area contributed by atoms with E-state index in [0.717, 1.165) is 25.9 Å². The van der Waals surface area contributed by atoms with Crippen molar-refractivity contribution in [1.29, 1.82) is 0 Å². The minimum absolute atomic E-state index is 0. The van der Waals surface area contributed by atoms with Crippen LogP contribution in [0.5, 0.6) is 0 Å². The lowest BCUT2D eigenvalue weighted by Crippen LogP contribution is -2.52. The minimum Gasteiger partial charge on any atom is -0.355 e. The molecule has 1 amide bonds. The molecule has 2 unspecified atom stereocenters. The second-order valence-corrected chi connectivity index (χ2v) is 4.74. The summed E-state index contributed by atoms with van der Waals surface area (Å²) in [6, 6.07) is 0.528. The standard InChI is InChI=1S/C12H25N3O.ClH/c1-3-7-14-12(16)9-15-8-5-4-6-11(15)10(2)13;/h10-11H,3-9,13H2,1-2H3,(H,14,16);1H. The Kier molecular flexibility index (Phi) is 8.56. The fourth-order valence-electron chi connectivity index (χ4n) is 2.31. The summed E-state index contributed by atoms with van der Waals surface area (Å²) in [5.74, 6) is 0.134. The molecule has 1 fully saturated rings. The van der Waals surface area contributed by atoms with Crippen LogP contribution in [-0.4, -0.2) is 42.5 Å². The molecule has 102 valence electrons. The molecule has 1 saturated heterocycles. The van der Waals surface area contributed by atoms with E-state index in [9.17, 15) is 4.79 Å². The Morgan fingerprint density at radius 1 is 1.53 bits per heavy atom. The lowest BCUT2D eigenvalue weighted by Gasteiger charge is -2.37. The van der Waals surface area contributed by atoms with Crippen molar-refractivity contribution in [2.75, 3.05) is 19.6 Å². The van der Waals surface area contributed by atoms with Crippen LogP contribution in [0.15, 0.2) is 0 Å². The molecular weight excluding hydrogens is 238 g/mol. The van der Waals surface area contributed by atoms with Crippen LogP contribution < -0.4 is 11.1 Å². The van der Waals surface area contributed by atoms with Gasteiger partial charge in [-0.1, -0.05) is 13.3 Å². The summed E-state index contributed by atoms with van der Waals surface area (Å²) in [6.07, 6.45) is 4.53. The van der Waals surface area contributed by atoms with Crippen LogP contribution in [0.4, 0.5) is 0 Å². The molecule has 4 nitrogen and oxygen atoms in total. The van der Waals surface area contributed by atoms with Crippen molar-refractivity contribution in [3.63, 3.8) is 0 Å². The lowest BCUT2D eigenvalue weighted by atomic mass is 9.97. The third kappa shape index (κ3) is 5.70. The number of carbonyl (C=O) groups is 1. The second-order valence-electron chi connectivity index (χ2n) is 4.74. The molecular formula is C12H26ClN3O. The summed E-state index contributed by atoms with van der Waals surface area (Å²) >= 11 is 0. The van der Waals surface area contributed by atoms with Crippen LogP contribution in [0.3, 0.4) is 0 Å². The molecule has 1 aliphatic rings. The van der Waals surface area contributed by atoms with Crippen molar-refractivity contribution in [2.24, 2.45) is 5.73 Å². The summed E-state index contributed by atoms with van der Waals surface area (Å²) in [7, 11) is 0.